The molecule has 1 aromatic heterocycles. The van der Waals surface area contributed by atoms with E-state index in [2.05, 4.69) is 15.2 Å². The number of likely N-dealkylation sites (tertiary alicyclic amines) is 1. The third kappa shape index (κ3) is 2.52. The van der Waals surface area contributed by atoms with Gasteiger partial charge in [-0.3, -0.25) is 4.79 Å². The van der Waals surface area contributed by atoms with E-state index in [1.165, 1.54) is 0 Å². The highest BCUT2D eigenvalue weighted by molar-refractivity contribution is 5.77. The highest BCUT2D eigenvalue weighted by Gasteiger charge is 2.36. The van der Waals surface area contributed by atoms with Crippen LogP contribution in [0.4, 0.5) is 0 Å². The first-order valence-electron chi connectivity index (χ1n) is 7.22. The van der Waals surface area contributed by atoms with Gasteiger partial charge in [0, 0.05) is 44.9 Å². The summed E-state index contributed by atoms with van der Waals surface area (Å²) in [5.74, 6) is 2.04. The number of fused-ring (bicyclic) bond motifs is 1. The lowest BCUT2D eigenvalue weighted by Gasteiger charge is -2.44. The van der Waals surface area contributed by atoms with Crippen molar-refractivity contribution in [2.45, 2.75) is 31.7 Å². The average molecular weight is 262 g/mol. The van der Waals surface area contributed by atoms with E-state index in [0.29, 0.717) is 24.3 Å². The van der Waals surface area contributed by atoms with Crippen LogP contribution in [0.2, 0.25) is 0 Å². The topological polar surface area (TPSA) is 50.2 Å². The number of carbonyl (C=O) groups excluding carboxylic acids is 1. The quantitative estimate of drug-likeness (QED) is 0.866. The van der Waals surface area contributed by atoms with Crippen molar-refractivity contribution >= 4 is 5.91 Å². The average Bonchev–Trinajstić information content (AvgIpc) is 2.83. The third-order valence-corrected chi connectivity index (χ3v) is 4.51. The summed E-state index contributed by atoms with van der Waals surface area (Å²) in [6.07, 6.45) is 7.49. The molecule has 2 aliphatic rings. The molecule has 0 spiro atoms. The van der Waals surface area contributed by atoms with E-state index in [1.807, 2.05) is 24.0 Å². The molecule has 1 amide bonds. The standard InChI is InChI=1S/C14H22N4O/c1-17-9-7-16-13(17)5-8-18-12-4-6-15-10-11(12)2-3-14(18)19/h7,9,11-12,15H,2-6,8,10H2,1H3. The monoisotopic (exact) mass is 262 g/mol. The normalized spacial score (nSPS) is 27.4. The second-order valence-electron chi connectivity index (χ2n) is 5.65. The molecule has 19 heavy (non-hydrogen) atoms. The molecular formula is C14H22N4O. The first-order chi connectivity index (χ1) is 9.25. The predicted molar refractivity (Wildman–Crippen MR) is 72.6 cm³/mol. The van der Waals surface area contributed by atoms with Crippen molar-refractivity contribution in [3.05, 3.63) is 18.2 Å². The molecule has 0 aromatic carbocycles. The minimum Gasteiger partial charge on any atom is -0.339 e. The molecule has 104 valence electrons. The van der Waals surface area contributed by atoms with Gasteiger partial charge in [-0.05, 0) is 31.8 Å². The van der Waals surface area contributed by atoms with Crippen LogP contribution in [0.3, 0.4) is 0 Å². The van der Waals surface area contributed by atoms with E-state index < -0.39 is 0 Å². The van der Waals surface area contributed by atoms with Crippen LogP contribution in [-0.2, 0) is 18.3 Å². The first-order valence-corrected chi connectivity index (χ1v) is 7.22. The number of rotatable bonds is 3. The van der Waals surface area contributed by atoms with Crippen molar-refractivity contribution in [3.63, 3.8) is 0 Å². The van der Waals surface area contributed by atoms with E-state index >= 15 is 0 Å². The van der Waals surface area contributed by atoms with E-state index in [-0.39, 0.29) is 0 Å². The van der Waals surface area contributed by atoms with E-state index in [4.69, 9.17) is 0 Å². The van der Waals surface area contributed by atoms with Crippen molar-refractivity contribution in [1.82, 2.24) is 19.8 Å². The molecule has 3 rings (SSSR count). The summed E-state index contributed by atoms with van der Waals surface area (Å²) >= 11 is 0. The molecule has 2 fully saturated rings. The van der Waals surface area contributed by atoms with Gasteiger partial charge in [-0.15, -0.1) is 0 Å². The Bertz CT molecular complexity index is 456. The summed E-state index contributed by atoms with van der Waals surface area (Å²) in [5.41, 5.74) is 0. The summed E-state index contributed by atoms with van der Waals surface area (Å²) in [7, 11) is 2.01. The molecule has 1 N–H and O–H groups in total. The molecule has 0 saturated carbocycles. The molecule has 0 radical (unpaired) electrons. The Hall–Kier alpha value is -1.36. The Balaban J connectivity index is 1.67. The van der Waals surface area contributed by atoms with Gasteiger partial charge in [0.05, 0.1) is 0 Å². The lowest BCUT2D eigenvalue weighted by Crippen LogP contribution is -2.55. The Morgan fingerprint density at radius 1 is 1.47 bits per heavy atom. The molecule has 0 aliphatic carbocycles. The van der Waals surface area contributed by atoms with Gasteiger partial charge >= 0.3 is 0 Å². The molecule has 2 saturated heterocycles. The second-order valence-corrected chi connectivity index (χ2v) is 5.65. The van der Waals surface area contributed by atoms with E-state index in [0.717, 1.165) is 44.7 Å². The van der Waals surface area contributed by atoms with Gasteiger partial charge < -0.3 is 14.8 Å². The maximum Gasteiger partial charge on any atom is 0.222 e. The molecule has 3 heterocycles. The van der Waals surface area contributed by atoms with Crippen molar-refractivity contribution in [1.29, 1.82) is 0 Å². The summed E-state index contributed by atoms with van der Waals surface area (Å²) in [6.45, 7) is 2.91. The molecule has 1 aromatic rings. The van der Waals surface area contributed by atoms with Crippen LogP contribution in [0, 0.1) is 5.92 Å². The minimum absolute atomic E-state index is 0.331. The molecule has 2 unspecified atom stereocenters. The predicted octanol–water partition coefficient (Wildman–Crippen LogP) is 0.563. The minimum atomic E-state index is 0.331. The lowest BCUT2D eigenvalue weighted by atomic mass is 9.84. The molecule has 2 atom stereocenters. The van der Waals surface area contributed by atoms with Crippen LogP contribution in [-0.4, -0.2) is 46.0 Å². The van der Waals surface area contributed by atoms with Gasteiger partial charge in [-0.2, -0.15) is 0 Å². The zero-order valence-corrected chi connectivity index (χ0v) is 11.5. The van der Waals surface area contributed by atoms with Crippen LogP contribution in [0.1, 0.15) is 25.1 Å². The van der Waals surface area contributed by atoms with Gasteiger partial charge in [0.2, 0.25) is 5.91 Å². The van der Waals surface area contributed by atoms with Crippen LogP contribution >= 0.6 is 0 Å². The summed E-state index contributed by atoms with van der Waals surface area (Å²) in [4.78, 5) is 18.6. The number of hydrogen-bond acceptors (Lipinski definition) is 3. The maximum atomic E-state index is 12.2. The molecule has 5 nitrogen and oxygen atoms in total. The maximum absolute atomic E-state index is 12.2. The third-order valence-electron chi connectivity index (χ3n) is 4.51. The highest BCUT2D eigenvalue weighted by Crippen LogP contribution is 2.28. The molecule has 2 aliphatic heterocycles. The summed E-state index contributed by atoms with van der Waals surface area (Å²) < 4.78 is 2.04. The van der Waals surface area contributed by atoms with Gasteiger partial charge in [0.1, 0.15) is 5.82 Å². The van der Waals surface area contributed by atoms with Crippen LogP contribution < -0.4 is 5.32 Å². The highest BCUT2D eigenvalue weighted by atomic mass is 16.2. The number of nitrogens with one attached hydrogen (secondary N) is 1. The van der Waals surface area contributed by atoms with Crippen LogP contribution in [0.25, 0.3) is 0 Å². The van der Waals surface area contributed by atoms with Crippen molar-refractivity contribution in [2.75, 3.05) is 19.6 Å². The fourth-order valence-electron chi connectivity index (χ4n) is 3.40. The number of hydrogen-bond donors (Lipinski definition) is 1. The summed E-state index contributed by atoms with van der Waals surface area (Å²) in [5, 5.41) is 3.44. The van der Waals surface area contributed by atoms with Crippen molar-refractivity contribution < 1.29 is 4.79 Å². The Morgan fingerprint density at radius 2 is 2.37 bits per heavy atom. The zero-order valence-electron chi connectivity index (χ0n) is 11.5. The van der Waals surface area contributed by atoms with Gasteiger partial charge in [-0.25, -0.2) is 4.98 Å². The van der Waals surface area contributed by atoms with Gasteiger partial charge in [0.15, 0.2) is 0 Å². The number of nitrogens with zero attached hydrogens (tertiary/aromatic N) is 3. The van der Waals surface area contributed by atoms with Crippen LogP contribution in [0.5, 0.6) is 0 Å². The summed E-state index contributed by atoms with van der Waals surface area (Å²) in [6, 6.07) is 0.447. The van der Waals surface area contributed by atoms with E-state index in [1.54, 1.807) is 0 Å². The Kier molecular flexibility index (Phi) is 3.55. The van der Waals surface area contributed by atoms with Crippen molar-refractivity contribution in [2.24, 2.45) is 13.0 Å². The molecule has 5 heteroatoms. The number of aryl methyl sites for hydroxylation is 1. The Morgan fingerprint density at radius 3 is 3.16 bits per heavy atom. The smallest absolute Gasteiger partial charge is 0.222 e. The lowest BCUT2D eigenvalue weighted by molar-refractivity contribution is -0.139. The van der Waals surface area contributed by atoms with E-state index in [9.17, 15) is 4.79 Å². The number of carbonyl (C=O) groups is 1. The number of piperidine rings is 2. The second kappa shape index (κ2) is 5.33. The Labute approximate surface area is 114 Å². The fraction of sp³-hybridized carbons (Fsp3) is 0.714. The van der Waals surface area contributed by atoms with Gasteiger partial charge in [0.25, 0.3) is 0 Å². The largest absolute Gasteiger partial charge is 0.339 e. The van der Waals surface area contributed by atoms with Crippen molar-refractivity contribution in [3.8, 4) is 0 Å². The van der Waals surface area contributed by atoms with Gasteiger partial charge in [-0.1, -0.05) is 0 Å². The SMILES string of the molecule is Cn1ccnc1CCN1C(=O)CCC2CNCCC21. The molecular weight excluding hydrogens is 240 g/mol. The fourth-order valence-corrected chi connectivity index (χ4v) is 3.40. The molecule has 0 bridgehead atoms. The number of aromatic nitrogens is 2. The zero-order chi connectivity index (χ0) is 13.2. The number of imidazole rings is 1. The first kappa shape index (κ1) is 12.7. The van der Waals surface area contributed by atoms with Crippen LogP contribution in [0.15, 0.2) is 12.4 Å². The number of amides is 1.